The van der Waals surface area contributed by atoms with Gasteiger partial charge in [-0.2, -0.15) is 0 Å². The highest BCUT2D eigenvalue weighted by atomic mass is 16.5. The van der Waals surface area contributed by atoms with Crippen molar-refractivity contribution in [2.24, 2.45) is 0 Å². The minimum Gasteiger partial charge on any atom is -0.461 e. The molecular formula is C9H9NO3. The van der Waals surface area contributed by atoms with Crippen molar-refractivity contribution < 1.29 is 14.3 Å². The lowest BCUT2D eigenvalue weighted by Gasteiger charge is -1.99. The molecule has 4 nitrogen and oxygen atoms in total. The average Bonchev–Trinajstić information content (AvgIpc) is 2.18. The fourth-order valence-electron chi connectivity index (χ4n) is 0.837. The summed E-state index contributed by atoms with van der Waals surface area (Å²) in [7, 11) is 0. The SMILES string of the molecule is CCOC(=O)c1cc(C=O)ccn1. The van der Waals surface area contributed by atoms with Gasteiger partial charge < -0.3 is 4.74 Å². The van der Waals surface area contributed by atoms with Gasteiger partial charge in [0, 0.05) is 11.8 Å². The molecule has 0 fully saturated rings. The number of esters is 1. The van der Waals surface area contributed by atoms with Gasteiger partial charge in [-0.3, -0.25) is 4.79 Å². The summed E-state index contributed by atoms with van der Waals surface area (Å²) in [4.78, 5) is 25.2. The monoisotopic (exact) mass is 179 g/mol. The first kappa shape index (κ1) is 9.38. The zero-order valence-electron chi connectivity index (χ0n) is 7.19. The number of pyridine rings is 1. The Balaban J connectivity index is 2.88. The van der Waals surface area contributed by atoms with Gasteiger partial charge in [-0.25, -0.2) is 9.78 Å². The van der Waals surface area contributed by atoms with Gasteiger partial charge in [0.15, 0.2) is 0 Å². The van der Waals surface area contributed by atoms with Crippen LogP contribution in [0.5, 0.6) is 0 Å². The minimum atomic E-state index is -0.508. The fourth-order valence-corrected chi connectivity index (χ4v) is 0.837. The van der Waals surface area contributed by atoms with Gasteiger partial charge in [-0.05, 0) is 19.1 Å². The summed E-state index contributed by atoms with van der Waals surface area (Å²) in [5.74, 6) is -0.508. The number of hydrogen-bond acceptors (Lipinski definition) is 4. The van der Waals surface area contributed by atoms with E-state index in [0.717, 1.165) is 0 Å². The Morgan fingerprint density at radius 3 is 3.08 bits per heavy atom. The van der Waals surface area contributed by atoms with Crippen molar-refractivity contribution in [3.63, 3.8) is 0 Å². The van der Waals surface area contributed by atoms with Crippen molar-refractivity contribution in [1.29, 1.82) is 0 Å². The third-order valence-electron chi connectivity index (χ3n) is 1.40. The third kappa shape index (κ3) is 2.37. The molecule has 0 unspecified atom stereocenters. The van der Waals surface area contributed by atoms with E-state index in [1.807, 2.05) is 0 Å². The minimum absolute atomic E-state index is 0.159. The zero-order valence-corrected chi connectivity index (χ0v) is 7.19. The highest BCUT2D eigenvalue weighted by Gasteiger charge is 2.07. The smallest absolute Gasteiger partial charge is 0.356 e. The Hall–Kier alpha value is -1.71. The van der Waals surface area contributed by atoms with E-state index in [2.05, 4.69) is 4.98 Å². The molecule has 4 heteroatoms. The second kappa shape index (κ2) is 4.35. The van der Waals surface area contributed by atoms with Crippen LogP contribution in [0.15, 0.2) is 18.3 Å². The molecule has 1 rings (SSSR count). The maximum absolute atomic E-state index is 11.1. The van der Waals surface area contributed by atoms with Crippen LogP contribution in [0, 0.1) is 0 Å². The van der Waals surface area contributed by atoms with E-state index in [9.17, 15) is 9.59 Å². The van der Waals surface area contributed by atoms with E-state index >= 15 is 0 Å². The summed E-state index contributed by atoms with van der Waals surface area (Å²) in [5.41, 5.74) is 0.574. The summed E-state index contributed by atoms with van der Waals surface area (Å²) in [6, 6.07) is 2.92. The van der Waals surface area contributed by atoms with Crippen molar-refractivity contribution in [3.05, 3.63) is 29.6 Å². The fraction of sp³-hybridized carbons (Fsp3) is 0.222. The number of nitrogens with zero attached hydrogens (tertiary/aromatic N) is 1. The summed E-state index contributed by atoms with van der Waals surface area (Å²) < 4.78 is 4.71. The number of aromatic nitrogens is 1. The third-order valence-corrected chi connectivity index (χ3v) is 1.40. The molecule has 1 aromatic rings. The number of rotatable bonds is 3. The van der Waals surface area contributed by atoms with E-state index in [-0.39, 0.29) is 5.69 Å². The number of hydrogen-bond donors (Lipinski definition) is 0. The van der Waals surface area contributed by atoms with Crippen LogP contribution in [0.25, 0.3) is 0 Å². The lowest BCUT2D eigenvalue weighted by Crippen LogP contribution is -2.07. The van der Waals surface area contributed by atoms with Crippen molar-refractivity contribution in [2.45, 2.75) is 6.92 Å². The molecule has 0 N–H and O–H groups in total. The van der Waals surface area contributed by atoms with Crippen LogP contribution < -0.4 is 0 Å². The molecular weight excluding hydrogens is 170 g/mol. The second-order valence-electron chi connectivity index (χ2n) is 2.31. The van der Waals surface area contributed by atoms with Gasteiger partial charge in [0.05, 0.1) is 6.61 Å². The van der Waals surface area contributed by atoms with Gasteiger partial charge in [0.2, 0.25) is 0 Å². The number of carbonyl (C=O) groups is 2. The molecule has 0 aromatic carbocycles. The molecule has 13 heavy (non-hydrogen) atoms. The largest absolute Gasteiger partial charge is 0.461 e. The van der Waals surface area contributed by atoms with E-state index in [0.29, 0.717) is 18.5 Å². The highest BCUT2D eigenvalue weighted by Crippen LogP contribution is 2.00. The molecule has 0 saturated carbocycles. The number of carbonyl (C=O) groups excluding carboxylic acids is 2. The first-order chi connectivity index (χ1) is 6.27. The molecule has 0 spiro atoms. The molecule has 0 aliphatic rings. The molecule has 0 aliphatic heterocycles. The molecule has 68 valence electrons. The summed E-state index contributed by atoms with van der Waals surface area (Å²) >= 11 is 0. The van der Waals surface area contributed by atoms with Crippen LogP contribution in [-0.4, -0.2) is 23.8 Å². The molecule has 0 saturated heterocycles. The first-order valence-electron chi connectivity index (χ1n) is 3.86. The van der Waals surface area contributed by atoms with Gasteiger partial charge in [0.25, 0.3) is 0 Å². The number of aldehydes is 1. The standard InChI is InChI=1S/C9H9NO3/c1-2-13-9(12)8-5-7(6-11)3-4-10-8/h3-6H,2H2,1H3. The van der Waals surface area contributed by atoms with Crippen molar-refractivity contribution in [2.75, 3.05) is 6.61 Å². The van der Waals surface area contributed by atoms with Gasteiger partial charge in [-0.15, -0.1) is 0 Å². The highest BCUT2D eigenvalue weighted by molar-refractivity contribution is 5.89. The Kier molecular flexibility index (Phi) is 3.14. The molecule has 0 amide bonds. The molecule has 1 aromatic heterocycles. The predicted molar refractivity (Wildman–Crippen MR) is 45.6 cm³/mol. The lowest BCUT2D eigenvalue weighted by atomic mass is 10.2. The molecule has 0 aliphatic carbocycles. The summed E-state index contributed by atoms with van der Waals surface area (Å²) in [6.07, 6.45) is 2.06. The molecule has 1 heterocycles. The Labute approximate surface area is 75.5 Å². The molecule has 0 radical (unpaired) electrons. The van der Waals surface area contributed by atoms with Gasteiger partial charge in [0.1, 0.15) is 12.0 Å². The Morgan fingerprint density at radius 1 is 1.69 bits per heavy atom. The van der Waals surface area contributed by atoms with Crippen molar-refractivity contribution in [3.8, 4) is 0 Å². The normalized spacial score (nSPS) is 9.31. The topological polar surface area (TPSA) is 56.3 Å². The molecule has 0 atom stereocenters. The van der Waals surface area contributed by atoms with E-state index in [4.69, 9.17) is 4.74 Å². The van der Waals surface area contributed by atoms with Crippen molar-refractivity contribution in [1.82, 2.24) is 4.98 Å². The van der Waals surface area contributed by atoms with E-state index in [1.54, 1.807) is 6.92 Å². The second-order valence-corrected chi connectivity index (χ2v) is 2.31. The van der Waals surface area contributed by atoms with E-state index in [1.165, 1.54) is 18.3 Å². The van der Waals surface area contributed by atoms with Crippen LogP contribution in [0.3, 0.4) is 0 Å². The van der Waals surface area contributed by atoms with Gasteiger partial charge in [-0.1, -0.05) is 0 Å². The van der Waals surface area contributed by atoms with Crippen LogP contribution in [-0.2, 0) is 4.74 Å². The average molecular weight is 179 g/mol. The summed E-state index contributed by atoms with van der Waals surface area (Å²) in [6.45, 7) is 2.01. The van der Waals surface area contributed by atoms with Crippen molar-refractivity contribution >= 4 is 12.3 Å². The quantitative estimate of drug-likeness (QED) is 0.514. The zero-order chi connectivity index (χ0) is 9.68. The lowest BCUT2D eigenvalue weighted by molar-refractivity contribution is 0.0519. The maximum atomic E-state index is 11.1. The van der Waals surface area contributed by atoms with Crippen LogP contribution in [0.4, 0.5) is 0 Å². The van der Waals surface area contributed by atoms with Crippen LogP contribution in [0.2, 0.25) is 0 Å². The maximum Gasteiger partial charge on any atom is 0.356 e. The Bertz CT molecular complexity index is 322. The van der Waals surface area contributed by atoms with E-state index < -0.39 is 5.97 Å². The first-order valence-corrected chi connectivity index (χ1v) is 3.86. The van der Waals surface area contributed by atoms with Crippen LogP contribution in [0.1, 0.15) is 27.8 Å². The number of ether oxygens (including phenoxy) is 1. The van der Waals surface area contributed by atoms with Gasteiger partial charge >= 0.3 is 5.97 Å². The van der Waals surface area contributed by atoms with Crippen LogP contribution >= 0.6 is 0 Å². The molecule has 0 bridgehead atoms. The Morgan fingerprint density at radius 2 is 2.46 bits per heavy atom. The summed E-state index contributed by atoms with van der Waals surface area (Å²) in [5, 5.41) is 0. The predicted octanol–water partition coefficient (Wildman–Crippen LogP) is 1.07.